The van der Waals surface area contributed by atoms with Gasteiger partial charge in [0.25, 0.3) is 0 Å². The second kappa shape index (κ2) is 5.27. The van der Waals surface area contributed by atoms with E-state index in [1.807, 2.05) is 6.20 Å². The Morgan fingerprint density at radius 1 is 1.53 bits per heavy atom. The topological polar surface area (TPSA) is 78.0 Å². The maximum Gasteiger partial charge on any atom is 0.150 e. The molecule has 0 aliphatic carbocycles. The molecule has 0 amide bonds. The molecule has 1 heterocycles. The summed E-state index contributed by atoms with van der Waals surface area (Å²) in [6.45, 7) is 2.75. The number of hydrogen-bond acceptors (Lipinski definition) is 4. The first kappa shape index (κ1) is 12.2. The molecule has 86 valence electrons. The van der Waals surface area contributed by atoms with Crippen LogP contribution in [-0.4, -0.2) is 29.7 Å². The van der Waals surface area contributed by atoms with Gasteiger partial charge in [-0.15, -0.1) is 0 Å². The third kappa shape index (κ3) is 4.01. The van der Waals surface area contributed by atoms with Crippen LogP contribution in [0.1, 0.15) is 18.9 Å². The quantitative estimate of drug-likeness (QED) is 0.757. The van der Waals surface area contributed by atoms with Crippen LogP contribution in [0.2, 0.25) is 0 Å². The number of hydrogen-bond donors (Lipinski definition) is 1. The molecule has 0 saturated heterocycles. The highest BCUT2D eigenvalue weighted by Crippen LogP contribution is 1.99. The van der Waals surface area contributed by atoms with E-state index >= 15 is 0 Å². The minimum atomic E-state index is -2.85. The van der Waals surface area contributed by atoms with Crippen molar-refractivity contribution in [2.45, 2.75) is 26.4 Å². The number of aromatic nitrogens is 2. The van der Waals surface area contributed by atoms with Crippen LogP contribution in [-0.2, 0) is 22.9 Å². The van der Waals surface area contributed by atoms with Gasteiger partial charge in [-0.3, -0.25) is 4.68 Å². The van der Waals surface area contributed by atoms with Crippen molar-refractivity contribution in [3.8, 4) is 0 Å². The molecule has 0 bridgehead atoms. The highest BCUT2D eigenvalue weighted by Gasteiger charge is 2.06. The van der Waals surface area contributed by atoms with E-state index < -0.39 is 9.84 Å². The summed E-state index contributed by atoms with van der Waals surface area (Å²) in [6.07, 6.45) is 4.15. The third-order valence-electron chi connectivity index (χ3n) is 2.20. The standard InChI is InChI=1S/C9H17N3O2S/c1-2-15(13,14)5-3-4-12-8-9(6-10)7-11-12/h7-8H,2-6,10H2,1H3. The van der Waals surface area contributed by atoms with E-state index in [1.165, 1.54) is 0 Å². The molecule has 0 atom stereocenters. The summed E-state index contributed by atoms with van der Waals surface area (Å²) in [5, 5.41) is 4.07. The number of sulfone groups is 1. The van der Waals surface area contributed by atoms with E-state index in [0.29, 0.717) is 19.5 Å². The Hall–Kier alpha value is -0.880. The van der Waals surface area contributed by atoms with Gasteiger partial charge in [0, 0.05) is 30.6 Å². The monoisotopic (exact) mass is 231 g/mol. The van der Waals surface area contributed by atoms with Gasteiger partial charge in [-0.1, -0.05) is 6.92 Å². The van der Waals surface area contributed by atoms with Crippen molar-refractivity contribution in [3.05, 3.63) is 18.0 Å². The van der Waals surface area contributed by atoms with Crippen LogP contribution in [0.25, 0.3) is 0 Å². The summed E-state index contributed by atoms with van der Waals surface area (Å²) in [5.74, 6) is 0.432. The van der Waals surface area contributed by atoms with Gasteiger partial charge in [-0.05, 0) is 6.42 Å². The smallest absolute Gasteiger partial charge is 0.150 e. The molecule has 1 aromatic rings. The minimum absolute atomic E-state index is 0.208. The predicted octanol–water partition coefficient (Wildman–Crippen LogP) is 0.167. The molecule has 1 rings (SSSR count). The van der Waals surface area contributed by atoms with Crippen LogP contribution >= 0.6 is 0 Å². The van der Waals surface area contributed by atoms with Crippen LogP contribution in [0.5, 0.6) is 0 Å². The first-order chi connectivity index (χ1) is 7.07. The zero-order chi connectivity index (χ0) is 11.3. The molecule has 0 radical (unpaired) electrons. The minimum Gasteiger partial charge on any atom is -0.326 e. The van der Waals surface area contributed by atoms with Crippen LogP contribution in [0.4, 0.5) is 0 Å². The molecule has 2 N–H and O–H groups in total. The fraction of sp³-hybridized carbons (Fsp3) is 0.667. The van der Waals surface area contributed by atoms with Crippen molar-refractivity contribution in [1.82, 2.24) is 9.78 Å². The SMILES string of the molecule is CCS(=O)(=O)CCCn1cc(CN)cn1. The van der Waals surface area contributed by atoms with Crippen molar-refractivity contribution in [2.75, 3.05) is 11.5 Å². The molecule has 0 fully saturated rings. The highest BCUT2D eigenvalue weighted by atomic mass is 32.2. The first-order valence-corrected chi connectivity index (χ1v) is 6.81. The van der Waals surface area contributed by atoms with Crippen molar-refractivity contribution in [1.29, 1.82) is 0 Å². The highest BCUT2D eigenvalue weighted by molar-refractivity contribution is 7.91. The van der Waals surface area contributed by atoms with Gasteiger partial charge in [0.15, 0.2) is 0 Å². The van der Waals surface area contributed by atoms with Gasteiger partial charge < -0.3 is 5.73 Å². The molecule has 0 saturated carbocycles. The lowest BCUT2D eigenvalue weighted by Crippen LogP contribution is -2.11. The fourth-order valence-corrected chi connectivity index (χ4v) is 2.08. The van der Waals surface area contributed by atoms with Crippen molar-refractivity contribution >= 4 is 9.84 Å². The summed E-state index contributed by atoms with van der Waals surface area (Å²) >= 11 is 0. The predicted molar refractivity (Wildman–Crippen MR) is 59.1 cm³/mol. The van der Waals surface area contributed by atoms with E-state index in [4.69, 9.17) is 5.73 Å². The molecular formula is C9H17N3O2S. The first-order valence-electron chi connectivity index (χ1n) is 4.99. The molecule has 6 heteroatoms. The van der Waals surface area contributed by atoms with Gasteiger partial charge in [0.1, 0.15) is 9.84 Å². The zero-order valence-corrected chi connectivity index (χ0v) is 9.70. The lowest BCUT2D eigenvalue weighted by Gasteiger charge is -2.01. The van der Waals surface area contributed by atoms with Gasteiger partial charge in [0.2, 0.25) is 0 Å². The molecule has 15 heavy (non-hydrogen) atoms. The van der Waals surface area contributed by atoms with E-state index in [1.54, 1.807) is 17.8 Å². The molecule has 5 nitrogen and oxygen atoms in total. The van der Waals surface area contributed by atoms with Crippen LogP contribution < -0.4 is 5.73 Å². The van der Waals surface area contributed by atoms with Gasteiger partial charge in [-0.25, -0.2) is 8.42 Å². The number of nitrogens with two attached hydrogens (primary N) is 1. The summed E-state index contributed by atoms with van der Waals surface area (Å²) in [4.78, 5) is 0. The Kier molecular flexibility index (Phi) is 4.28. The Labute approximate surface area is 90.2 Å². The zero-order valence-electron chi connectivity index (χ0n) is 8.89. The summed E-state index contributed by atoms with van der Waals surface area (Å²) in [7, 11) is -2.85. The lowest BCUT2D eigenvalue weighted by molar-refractivity contribution is 0.573. The van der Waals surface area contributed by atoms with Crippen LogP contribution in [0.15, 0.2) is 12.4 Å². The van der Waals surface area contributed by atoms with Crippen molar-refractivity contribution in [2.24, 2.45) is 5.73 Å². The van der Waals surface area contributed by atoms with E-state index in [2.05, 4.69) is 5.10 Å². The van der Waals surface area contributed by atoms with Crippen LogP contribution in [0.3, 0.4) is 0 Å². The Morgan fingerprint density at radius 3 is 2.80 bits per heavy atom. The molecule has 0 aromatic carbocycles. The fourth-order valence-electron chi connectivity index (χ4n) is 1.22. The molecular weight excluding hydrogens is 214 g/mol. The Bertz CT molecular complexity index is 397. The molecule has 0 spiro atoms. The van der Waals surface area contributed by atoms with Crippen molar-refractivity contribution in [3.63, 3.8) is 0 Å². The third-order valence-corrected chi connectivity index (χ3v) is 4.00. The van der Waals surface area contributed by atoms with E-state index in [0.717, 1.165) is 5.56 Å². The molecule has 1 aromatic heterocycles. The summed E-state index contributed by atoms with van der Waals surface area (Å²) < 4.78 is 24.1. The largest absolute Gasteiger partial charge is 0.326 e. The average molecular weight is 231 g/mol. The van der Waals surface area contributed by atoms with Crippen LogP contribution in [0, 0.1) is 0 Å². The number of rotatable bonds is 6. The molecule has 0 unspecified atom stereocenters. The second-order valence-electron chi connectivity index (χ2n) is 3.41. The summed E-state index contributed by atoms with van der Waals surface area (Å²) in [6, 6.07) is 0. The Balaban J connectivity index is 2.38. The van der Waals surface area contributed by atoms with Gasteiger partial charge >= 0.3 is 0 Å². The molecule has 0 aliphatic rings. The van der Waals surface area contributed by atoms with Gasteiger partial charge in [0.05, 0.1) is 11.9 Å². The Morgan fingerprint density at radius 2 is 2.27 bits per heavy atom. The maximum atomic E-state index is 11.2. The molecule has 0 aliphatic heterocycles. The summed E-state index contributed by atoms with van der Waals surface area (Å²) in [5.41, 5.74) is 6.40. The maximum absolute atomic E-state index is 11.2. The van der Waals surface area contributed by atoms with Gasteiger partial charge in [-0.2, -0.15) is 5.10 Å². The second-order valence-corrected chi connectivity index (χ2v) is 5.88. The van der Waals surface area contributed by atoms with Crippen molar-refractivity contribution < 1.29 is 8.42 Å². The normalized spacial score (nSPS) is 11.9. The lowest BCUT2D eigenvalue weighted by atomic mass is 10.4. The van der Waals surface area contributed by atoms with E-state index in [-0.39, 0.29) is 11.5 Å². The average Bonchev–Trinajstić information content (AvgIpc) is 2.66. The van der Waals surface area contributed by atoms with E-state index in [9.17, 15) is 8.42 Å². The number of nitrogens with zero attached hydrogens (tertiary/aromatic N) is 2. The number of aryl methyl sites for hydroxylation is 1.